The summed E-state index contributed by atoms with van der Waals surface area (Å²) in [4.78, 5) is 0. The van der Waals surface area contributed by atoms with Crippen LogP contribution in [0.4, 0.5) is 0 Å². The number of unbranched alkanes of at least 4 members (excludes halogenated alkanes) is 1. The van der Waals surface area contributed by atoms with Gasteiger partial charge in [0.25, 0.3) is 0 Å². The van der Waals surface area contributed by atoms with E-state index in [0.29, 0.717) is 10.8 Å². The minimum atomic E-state index is -0.243. The Kier molecular flexibility index (Phi) is 6.91. The van der Waals surface area contributed by atoms with Crippen molar-refractivity contribution in [3.05, 3.63) is 12.2 Å². The van der Waals surface area contributed by atoms with E-state index in [4.69, 9.17) is 0 Å². The van der Waals surface area contributed by atoms with E-state index in [1.165, 1.54) is 74.4 Å². The van der Waals surface area contributed by atoms with E-state index in [1.807, 2.05) is 0 Å². The van der Waals surface area contributed by atoms with E-state index in [-0.39, 0.29) is 20.1 Å². The van der Waals surface area contributed by atoms with E-state index in [1.54, 1.807) is 0 Å². The Balaban J connectivity index is 1.63. The standard InChI is InChI=1S/C22H44S2/c1-21(13-17-23(3,4)18-14-21)11-9-7-8-10-12-22(2)15-19-24(5,6)20-16-22/h7,9H,8,10-20H2,1-6H3/b9-7-. The van der Waals surface area contributed by atoms with Crippen LogP contribution in [0.15, 0.2) is 12.2 Å². The summed E-state index contributed by atoms with van der Waals surface area (Å²) < 4.78 is 0. The van der Waals surface area contributed by atoms with Gasteiger partial charge in [0, 0.05) is 0 Å². The molecule has 0 radical (unpaired) electrons. The lowest BCUT2D eigenvalue weighted by molar-refractivity contribution is 0.263. The van der Waals surface area contributed by atoms with Crippen molar-refractivity contribution >= 4 is 20.1 Å². The molecule has 2 fully saturated rings. The molecule has 0 amide bonds. The third-order valence-electron chi connectivity index (χ3n) is 6.96. The van der Waals surface area contributed by atoms with Gasteiger partial charge in [-0.25, -0.2) is 20.1 Å². The smallest absolute Gasteiger partial charge is 0.0227 e. The summed E-state index contributed by atoms with van der Waals surface area (Å²) in [5.74, 6) is 6.01. The first-order chi connectivity index (χ1) is 11.0. The van der Waals surface area contributed by atoms with Crippen molar-refractivity contribution in [1.82, 2.24) is 0 Å². The summed E-state index contributed by atoms with van der Waals surface area (Å²) in [7, 11) is -0.476. The largest absolute Gasteiger partial charge is 0.247 e. The number of rotatable bonds is 6. The van der Waals surface area contributed by atoms with Gasteiger partial charge >= 0.3 is 0 Å². The minimum Gasteiger partial charge on any atom is -0.247 e. The zero-order valence-electron chi connectivity index (χ0n) is 17.5. The molecule has 0 nitrogen and oxygen atoms in total. The van der Waals surface area contributed by atoms with Gasteiger partial charge in [-0.05, 0) is 110 Å². The van der Waals surface area contributed by atoms with E-state index < -0.39 is 0 Å². The fraction of sp³-hybridized carbons (Fsp3) is 0.909. The Hall–Kier alpha value is 0.440. The third-order valence-corrected chi connectivity index (χ3v) is 12.2. The Labute approximate surface area is 156 Å². The molecule has 2 heteroatoms. The zero-order chi connectivity index (χ0) is 17.9. The Bertz CT molecular complexity index is 413. The number of hydrogen-bond acceptors (Lipinski definition) is 0. The molecule has 0 saturated carbocycles. The highest BCUT2D eigenvalue weighted by Gasteiger charge is 2.32. The van der Waals surface area contributed by atoms with Gasteiger partial charge < -0.3 is 0 Å². The van der Waals surface area contributed by atoms with Gasteiger partial charge in [0.05, 0.1) is 0 Å². The summed E-state index contributed by atoms with van der Waals surface area (Å²) in [5, 5.41) is 0. The second-order valence-electron chi connectivity index (χ2n) is 10.5. The highest BCUT2D eigenvalue weighted by Crippen LogP contribution is 2.53. The van der Waals surface area contributed by atoms with Crippen LogP contribution in [0.25, 0.3) is 0 Å². The molecular weight excluding hydrogens is 328 g/mol. The SMILES string of the molecule is CC1(C/C=C\CCCC2(C)CCS(C)(C)CC2)CCS(C)(C)CC1. The maximum absolute atomic E-state index is 2.55. The highest BCUT2D eigenvalue weighted by molar-refractivity contribution is 8.33. The van der Waals surface area contributed by atoms with Gasteiger partial charge in [-0.1, -0.05) is 26.0 Å². The predicted molar refractivity (Wildman–Crippen MR) is 121 cm³/mol. The zero-order valence-corrected chi connectivity index (χ0v) is 19.1. The van der Waals surface area contributed by atoms with E-state index in [9.17, 15) is 0 Å². The first kappa shape index (κ1) is 20.7. The Morgan fingerprint density at radius 2 is 1.17 bits per heavy atom. The molecule has 24 heavy (non-hydrogen) atoms. The van der Waals surface area contributed by atoms with Crippen molar-refractivity contribution in [3.63, 3.8) is 0 Å². The quantitative estimate of drug-likeness (QED) is 0.354. The second-order valence-corrected chi connectivity index (χ2v) is 19.2. The lowest BCUT2D eigenvalue weighted by Crippen LogP contribution is -2.28. The monoisotopic (exact) mass is 372 g/mol. The summed E-state index contributed by atoms with van der Waals surface area (Å²) in [5.41, 5.74) is 1.25. The minimum absolute atomic E-state index is 0.233. The summed E-state index contributed by atoms with van der Waals surface area (Å²) >= 11 is 0. The lowest BCUT2D eigenvalue weighted by Gasteiger charge is -2.45. The molecule has 0 spiro atoms. The highest BCUT2D eigenvalue weighted by atomic mass is 32.3. The molecule has 0 aromatic rings. The van der Waals surface area contributed by atoms with Gasteiger partial charge in [-0.15, -0.1) is 0 Å². The topological polar surface area (TPSA) is 0 Å². The molecular formula is C22H44S2. The second kappa shape index (κ2) is 7.99. The van der Waals surface area contributed by atoms with E-state index in [0.717, 1.165) is 0 Å². The fourth-order valence-electron chi connectivity index (χ4n) is 4.13. The first-order valence-electron chi connectivity index (χ1n) is 10.1. The Morgan fingerprint density at radius 1 is 0.708 bits per heavy atom. The Morgan fingerprint density at radius 3 is 1.67 bits per heavy atom. The molecule has 0 bridgehead atoms. The molecule has 0 aromatic carbocycles. The van der Waals surface area contributed by atoms with Crippen LogP contribution in [0.2, 0.25) is 0 Å². The van der Waals surface area contributed by atoms with Crippen molar-refractivity contribution < 1.29 is 0 Å². The normalized spacial score (nSPS) is 30.8. The van der Waals surface area contributed by atoms with Gasteiger partial charge in [0.1, 0.15) is 0 Å². The van der Waals surface area contributed by atoms with Crippen LogP contribution in [-0.4, -0.2) is 48.0 Å². The van der Waals surface area contributed by atoms with E-state index >= 15 is 0 Å². The molecule has 2 aliphatic heterocycles. The van der Waals surface area contributed by atoms with Gasteiger partial charge in [0.2, 0.25) is 0 Å². The van der Waals surface area contributed by atoms with E-state index in [2.05, 4.69) is 51.0 Å². The van der Waals surface area contributed by atoms with Crippen LogP contribution in [0.3, 0.4) is 0 Å². The molecule has 0 aliphatic carbocycles. The van der Waals surface area contributed by atoms with Gasteiger partial charge in [-0.3, -0.25) is 0 Å². The van der Waals surface area contributed by atoms with Crippen molar-refractivity contribution in [2.24, 2.45) is 10.8 Å². The molecule has 144 valence electrons. The van der Waals surface area contributed by atoms with Crippen molar-refractivity contribution in [2.45, 2.75) is 65.2 Å². The first-order valence-corrected chi connectivity index (χ1v) is 15.6. The average molecular weight is 373 g/mol. The summed E-state index contributed by atoms with van der Waals surface area (Å²) in [6.45, 7) is 5.08. The summed E-state index contributed by atoms with van der Waals surface area (Å²) in [6, 6.07) is 0. The van der Waals surface area contributed by atoms with Crippen LogP contribution < -0.4 is 0 Å². The molecule has 0 aromatic heterocycles. The summed E-state index contributed by atoms with van der Waals surface area (Å²) in [6.07, 6.45) is 26.5. The maximum atomic E-state index is 2.55. The molecule has 0 unspecified atom stereocenters. The van der Waals surface area contributed by atoms with Gasteiger partial charge in [0.15, 0.2) is 0 Å². The van der Waals surface area contributed by atoms with Crippen LogP contribution >= 0.6 is 20.1 Å². The van der Waals surface area contributed by atoms with Crippen LogP contribution in [0.5, 0.6) is 0 Å². The van der Waals surface area contributed by atoms with Crippen molar-refractivity contribution in [2.75, 3.05) is 48.0 Å². The predicted octanol–water partition coefficient (Wildman–Crippen LogP) is 6.83. The van der Waals surface area contributed by atoms with Crippen molar-refractivity contribution in [3.8, 4) is 0 Å². The van der Waals surface area contributed by atoms with Crippen LogP contribution in [0, 0.1) is 10.8 Å². The number of allylic oxidation sites excluding steroid dienone is 2. The molecule has 2 heterocycles. The molecule has 2 rings (SSSR count). The molecule has 2 aliphatic rings. The average Bonchev–Trinajstić information content (AvgIpc) is 2.50. The van der Waals surface area contributed by atoms with Gasteiger partial charge in [-0.2, -0.15) is 0 Å². The lowest BCUT2D eigenvalue weighted by atomic mass is 9.79. The van der Waals surface area contributed by atoms with Crippen molar-refractivity contribution in [1.29, 1.82) is 0 Å². The maximum Gasteiger partial charge on any atom is -0.0227 e. The molecule has 2 saturated heterocycles. The third kappa shape index (κ3) is 6.63. The molecule has 0 N–H and O–H groups in total. The van der Waals surface area contributed by atoms with Crippen LogP contribution in [0.1, 0.15) is 65.2 Å². The molecule has 0 atom stereocenters. The number of hydrogen-bond donors (Lipinski definition) is 0. The van der Waals surface area contributed by atoms with Crippen LogP contribution in [-0.2, 0) is 0 Å². The fourth-order valence-corrected chi connectivity index (χ4v) is 8.72.